The predicted molar refractivity (Wildman–Crippen MR) is 72.3 cm³/mol. The lowest BCUT2D eigenvalue weighted by Crippen LogP contribution is -2.27. The Morgan fingerprint density at radius 2 is 2.12 bits per heavy atom. The molecule has 1 unspecified atom stereocenters. The first-order valence-electron chi connectivity index (χ1n) is 6.11. The molecule has 1 aromatic heterocycles. The van der Waals surface area contributed by atoms with Gasteiger partial charge in [-0.1, -0.05) is 27.7 Å². The maximum absolute atomic E-state index is 4.68. The SMILES string of the molecule is CCC(C)NCCc1csc(C(C)(C)C)n1. The third-order valence-electron chi connectivity index (χ3n) is 2.68. The van der Waals surface area contributed by atoms with Crippen LogP contribution in [0.4, 0.5) is 0 Å². The van der Waals surface area contributed by atoms with E-state index in [4.69, 9.17) is 0 Å². The summed E-state index contributed by atoms with van der Waals surface area (Å²) in [6.07, 6.45) is 2.22. The van der Waals surface area contributed by atoms with Gasteiger partial charge in [-0.3, -0.25) is 0 Å². The maximum Gasteiger partial charge on any atom is 0.0981 e. The second-order valence-corrected chi connectivity index (χ2v) is 6.27. The van der Waals surface area contributed by atoms with Crippen molar-refractivity contribution in [1.29, 1.82) is 0 Å². The Kier molecular flexibility index (Phi) is 4.93. The molecule has 0 saturated heterocycles. The minimum absolute atomic E-state index is 0.188. The molecule has 3 heteroatoms. The monoisotopic (exact) mass is 240 g/mol. The highest BCUT2D eigenvalue weighted by atomic mass is 32.1. The Morgan fingerprint density at radius 1 is 1.44 bits per heavy atom. The summed E-state index contributed by atoms with van der Waals surface area (Å²) in [5.41, 5.74) is 1.42. The van der Waals surface area contributed by atoms with Gasteiger partial charge in [-0.25, -0.2) is 4.98 Å². The van der Waals surface area contributed by atoms with Crippen LogP contribution < -0.4 is 5.32 Å². The van der Waals surface area contributed by atoms with E-state index >= 15 is 0 Å². The Balaban J connectivity index is 2.41. The predicted octanol–water partition coefficient (Wildman–Crippen LogP) is 3.37. The van der Waals surface area contributed by atoms with Gasteiger partial charge in [-0.15, -0.1) is 11.3 Å². The molecule has 0 spiro atoms. The van der Waals surface area contributed by atoms with E-state index < -0.39 is 0 Å². The highest BCUT2D eigenvalue weighted by Crippen LogP contribution is 2.25. The van der Waals surface area contributed by atoms with Crippen molar-refractivity contribution in [3.63, 3.8) is 0 Å². The zero-order valence-electron chi connectivity index (χ0n) is 11.1. The van der Waals surface area contributed by atoms with Crippen LogP contribution in [-0.4, -0.2) is 17.6 Å². The van der Waals surface area contributed by atoms with Gasteiger partial charge in [0.25, 0.3) is 0 Å². The lowest BCUT2D eigenvalue weighted by atomic mass is 9.98. The third-order valence-corrected chi connectivity index (χ3v) is 4.00. The van der Waals surface area contributed by atoms with Crippen molar-refractivity contribution in [2.75, 3.05) is 6.54 Å². The highest BCUT2D eigenvalue weighted by Gasteiger charge is 2.17. The van der Waals surface area contributed by atoms with E-state index in [1.54, 1.807) is 11.3 Å². The number of thiazole rings is 1. The van der Waals surface area contributed by atoms with Crippen molar-refractivity contribution in [2.24, 2.45) is 0 Å². The molecular weight excluding hydrogens is 216 g/mol. The van der Waals surface area contributed by atoms with Crippen molar-refractivity contribution in [2.45, 2.75) is 58.9 Å². The quantitative estimate of drug-likeness (QED) is 0.853. The average Bonchev–Trinajstić information content (AvgIpc) is 2.65. The number of aromatic nitrogens is 1. The van der Waals surface area contributed by atoms with Crippen LogP contribution in [-0.2, 0) is 11.8 Å². The Morgan fingerprint density at radius 3 is 2.62 bits per heavy atom. The van der Waals surface area contributed by atoms with Crippen LogP contribution >= 0.6 is 11.3 Å². The first-order valence-corrected chi connectivity index (χ1v) is 6.99. The van der Waals surface area contributed by atoms with Gasteiger partial charge in [0.15, 0.2) is 0 Å². The first kappa shape index (κ1) is 13.7. The standard InChI is InChI=1S/C13H24N2S/c1-6-10(2)14-8-7-11-9-16-12(15-11)13(3,4)5/h9-10,14H,6-8H2,1-5H3. The largest absolute Gasteiger partial charge is 0.314 e. The molecule has 0 aromatic carbocycles. The van der Waals surface area contributed by atoms with E-state index in [2.05, 4.69) is 50.3 Å². The molecule has 1 aromatic rings. The highest BCUT2D eigenvalue weighted by molar-refractivity contribution is 7.09. The Bertz CT molecular complexity index is 312. The summed E-state index contributed by atoms with van der Waals surface area (Å²) >= 11 is 1.78. The van der Waals surface area contributed by atoms with Crippen LogP contribution in [0.1, 0.15) is 51.7 Å². The van der Waals surface area contributed by atoms with E-state index in [0.29, 0.717) is 6.04 Å². The van der Waals surface area contributed by atoms with Crippen molar-refractivity contribution in [3.05, 3.63) is 16.1 Å². The second kappa shape index (κ2) is 5.78. The van der Waals surface area contributed by atoms with Gasteiger partial charge in [0.05, 0.1) is 10.7 Å². The summed E-state index contributed by atoms with van der Waals surface area (Å²) in [5, 5.41) is 6.93. The van der Waals surface area contributed by atoms with Crippen molar-refractivity contribution >= 4 is 11.3 Å². The van der Waals surface area contributed by atoms with Crippen molar-refractivity contribution in [1.82, 2.24) is 10.3 Å². The molecule has 0 saturated carbocycles. The molecule has 0 aliphatic rings. The molecule has 0 radical (unpaired) electrons. The summed E-state index contributed by atoms with van der Waals surface area (Å²) in [6, 6.07) is 0.612. The van der Waals surface area contributed by atoms with Gasteiger partial charge in [0.1, 0.15) is 0 Å². The van der Waals surface area contributed by atoms with Crippen LogP contribution in [0.2, 0.25) is 0 Å². The normalized spacial score (nSPS) is 14.1. The smallest absolute Gasteiger partial charge is 0.0981 e. The van der Waals surface area contributed by atoms with E-state index in [-0.39, 0.29) is 5.41 Å². The van der Waals surface area contributed by atoms with E-state index in [0.717, 1.165) is 13.0 Å². The van der Waals surface area contributed by atoms with Gasteiger partial charge in [-0.2, -0.15) is 0 Å². The molecule has 1 atom stereocenters. The number of hydrogen-bond donors (Lipinski definition) is 1. The fourth-order valence-electron chi connectivity index (χ4n) is 1.36. The number of nitrogens with zero attached hydrogens (tertiary/aromatic N) is 1. The molecule has 16 heavy (non-hydrogen) atoms. The molecule has 0 fully saturated rings. The topological polar surface area (TPSA) is 24.9 Å². The summed E-state index contributed by atoms with van der Waals surface area (Å²) in [6.45, 7) is 12.1. The van der Waals surface area contributed by atoms with Crippen LogP contribution in [0.25, 0.3) is 0 Å². The maximum atomic E-state index is 4.68. The minimum atomic E-state index is 0.188. The number of nitrogens with one attached hydrogen (secondary N) is 1. The van der Waals surface area contributed by atoms with Gasteiger partial charge in [-0.05, 0) is 13.3 Å². The summed E-state index contributed by atoms with van der Waals surface area (Å²) in [5.74, 6) is 0. The molecule has 1 heterocycles. The molecule has 0 bridgehead atoms. The molecule has 2 nitrogen and oxygen atoms in total. The molecule has 0 aliphatic carbocycles. The van der Waals surface area contributed by atoms with Gasteiger partial charge in [0, 0.05) is 29.8 Å². The van der Waals surface area contributed by atoms with E-state index in [9.17, 15) is 0 Å². The van der Waals surface area contributed by atoms with Crippen LogP contribution in [0, 0.1) is 0 Å². The summed E-state index contributed by atoms with van der Waals surface area (Å²) in [4.78, 5) is 4.68. The minimum Gasteiger partial charge on any atom is -0.314 e. The fourth-order valence-corrected chi connectivity index (χ4v) is 2.30. The van der Waals surface area contributed by atoms with Crippen molar-refractivity contribution < 1.29 is 0 Å². The Hall–Kier alpha value is -0.410. The summed E-state index contributed by atoms with van der Waals surface area (Å²) in [7, 11) is 0. The molecule has 1 rings (SSSR count). The number of hydrogen-bond acceptors (Lipinski definition) is 3. The number of rotatable bonds is 5. The van der Waals surface area contributed by atoms with Crippen LogP contribution in [0.5, 0.6) is 0 Å². The average molecular weight is 240 g/mol. The second-order valence-electron chi connectivity index (χ2n) is 5.41. The van der Waals surface area contributed by atoms with E-state index in [1.165, 1.54) is 17.1 Å². The zero-order chi connectivity index (χ0) is 12.2. The fraction of sp³-hybridized carbons (Fsp3) is 0.769. The first-order chi connectivity index (χ1) is 7.43. The van der Waals surface area contributed by atoms with E-state index in [1.807, 2.05) is 0 Å². The zero-order valence-corrected chi connectivity index (χ0v) is 11.9. The van der Waals surface area contributed by atoms with Gasteiger partial charge >= 0.3 is 0 Å². The third kappa shape index (κ3) is 4.22. The molecule has 1 N–H and O–H groups in total. The Labute approximate surface area is 103 Å². The molecule has 0 amide bonds. The molecule has 0 aliphatic heterocycles. The molecule has 92 valence electrons. The lowest BCUT2D eigenvalue weighted by molar-refractivity contribution is 0.533. The lowest BCUT2D eigenvalue weighted by Gasteiger charge is -2.13. The van der Waals surface area contributed by atoms with Gasteiger partial charge < -0.3 is 5.32 Å². The van der Waals surface area contributed by atoms with Crippen LogP contribution in [0.3, 0.4) is 0 Å². The summed E-state index contributed by atoms with van der Waals surface area (Å²) < 4.78 is 0. The van der Waals surface area contributed by atoms with Crippen LogP contribution in [0.15, 0.2) is 5.38 Å². The van der Waals surface area contributed by atoms with Gasteiger partial charge in [0.2, 0.25) is 0 Å². The molecular formula is C13H24N2S. The van der Waals surface area contributed by atoms with Crippen molar-refractivity contribution in [3.8, 4) is 0 Å².